The van der Waals surface area contributed by atoms with Gasteiger partial charge in [-0.25, -0.2) is 14.8 Å². The molecule has 0 N–H and O–H groups in total. The Morgan fingerprint density at radius 1 is 1.00 bits per heavy atom. The molecular formula is C13H12N2O4. The summed E-state index contributed by atoms with van der Waals surface area (Å²) in [5.74, 6) is 0.724. The van der Waals surface area contributed by atoms with Gasteiger partial charge >= 0.3 is 5.97 Å². The number of hydrogen-bond acceptors (Lipinski definition) is 6. The molecule has 19 heavy (non-hydrogen) atoms. The lowest BCUT2D eigenvalue weighted by Crippen LogP contribution is -2.07. The van der Waals surface area contributed by atoms with Crippen LogP contribution in [0, 0.1) is 0 Å². The minimum absolute atomic E-state index is 0.0285. The topological polar surface area (TPSA) is 70.5 Å². The van der Waals surface area contributed by atoms with Crippen LogP contribution in [-0.4, -0.2) is 30.2 Å². The Bertz CT molecular complexity index is 569. The van der Waals surface area contributed by atoms with Gasteiger partial charge in [-0.15, -0.1) is 0 Å². The summed E-state index contributed by atoms with van der Waals surface area (Å²) in [4.78, 5) is 19.4. The number of rotatable bonds is 4. The molecule has 0 saturated heterocycles. The maximum atomic E-state index is 11.5. The first-order valence-corrected chi connectivity index (χ1v) is 5.46. The third-order valence-electron chi connectivity index (χ3n) is 2.32. The molecule has 1 aromatic heterocycles. The summed E-state index contributed by atoms with van der Waals surface area (Å²) < 4.78 is 15.2. The Labute approximate surface area is 110 Å². The molecule has 0 aliphatic carbocycles. The monoisotopic (exact) mass is 260 g/mol. The number of ether oxygens (including phenoxy) is 3. The maximum Gasteiger partial charge on any atom is 0.362 e. The molecule has 0 saturated carbocycles. The molecule has 6 heteroatoms. The summed E-state index contributed by atoms with van der Waals surface area (Å²) in [6.07, 6.45) is 2.83. The molecule has 1 aromatic carbocycles. The highest BCUT2D eigenvalue weighted by atomic mass is 16.5. The molecule has 0 aliphatic rings. The number of methoxy groups -OCH3 is 2. The minimum atomic E-state index is -0.600. The smallest absolute Gasteiger partial charge is 0.362 e. The predicted octanol–water partition coefficient (Wildman–Crippen LogP) is 2.06. The number of carbonyl (C=O) groups excluding carboxylic acids is 1. The summed E-state index contributed by atoms with van der Waals surface area (Å²) in [6.45, 7) is 0. The van der Waals surface area contributed by atoms with Crippen molar-refractivity contribution in [2.75, 3.05) is 14.2 Å². The predicted molar refractivity (Wildman–Crippen MR) is 66.4 cm³/mol. The van der Waals surface area contributed by atoms with E-state index in [1.165, 1.54) is 19.5 Å². The number of carbonyl (C=O) groups is 1. The van der Waals surface area contributed by atoms with Crippen LogP contribution in [0.4, 0.5) is 0 Å². The summed E-state index contributed by atoms with van der Waals surface area (Å²) >= 11 is 0. The van der Waals surface area contributed by atoms with Crippen molar-refractivity contribution in [2.45, 2.75) is 0 Å². The van der Waals surface area contributed by atoms with E-state index in [1.54, 1.807) is 31.4 Å². The lowest BCUT2D eigenvalue weighted by molar-refractivity contribution is 0.0590. The van der Waals surface area contributed by atoms with Crippen molar-refractivity contribution in [3.63, 3.8) is 0 Å². The third kappa shape index (κ3) is 2.98. The van der Waals surface area contributed by atoms with Crippen molar-refractivity contribution in [1.29, 1.82) is 0 Å². The summed E-state index contributed by atoms with van der Waals surface area (Å²) in [5, 5.41) is 0. The van der Waals surface area contributed by atoms with E-state index in [9.17, 15) is 4.79 Å². The number of aromatic nitrogens is 2. The fourth-order valence-corrected chi connectivity index (χ4v) is 1.39. The van der Waals surface area contributed by atoms with Gasteiger partial charge in [0.05, 0.1) is 14.2 Å². The van der Waals surface area contributed by atoms with Crippen LogP contribution in [0.2, 0.25) is 0 Å². The van der Waals surface area contributed by atoms with Crippen LogP contribution in [-0.2, 0) is 4.74 Å². The maximum absolute atomic E-state index is 11.5. The van der Waals surface area contributed by atoms with Gasteiger partial charge in [-0.3, -0.25) is 0 Å². The standard InChI is InChI=1S/C13H12N2O4/c1-17-9-3-5-10(6-4-9)19-12-11(13(16)18-2)14-7-8-15-12/h3-8H,1-2H3. The normalized spacial score (nSPS) is 9.79. The lowest BCUT2D eigenvalue weighted by Gasteiger charge is -2.08. The average molecular weight is 260 g/mol. The quantitative estimate of drug-likeness (QED) is 0.784. The Morgan fingerprint density at radius 3 is 2.26 bits per heavy atom. The van der Waals surface area contributed by atoms with E-state index >= 15 is 0 Å². The molecule has 6 nitrogen and oxygen atoms in total. The zero-order valence-electron chi connectivity index (χ0n) is 10.5. The molecule has 1 heterocycles. The van der Waals surface area contributed by atoms with E-state index in [2.05, 4.69) is 14.7 Å². The highest BCUT2D eigenvalue weighted by Crippen LogP contribution is 2.24. The van der Waals surface area contributed by atoms with E-state index in [1.807, 2.05) is 0 Å². The summed E-state index contributed by atoms with van der Waals surface area (Å²) in [7, 11) is 2.85. The highest BCUT2D eigenvalue weighted by molar-refractivity contribution is 5.89. The van der Waals surface area contributed by atoms with Gasteiger partial charge in [-0.05, 0) is 24.3 Å². The SMILES string of the molecule is COC(=O)c1nccnc1Oc1ccc(OC)cc1. The molecule has 0 bridgehead atoms. The molecule has 2 rings (SSSR count). The van der Waals surface area contributed by atoms with Crippen LogP contribution in [0.5, 0.6) is 17.4 Å². The van der Waals surface area contributed by atoms with E-state index in [4.69, 9.17) is 9.47 Å². The van der Waals surface area contributed by atoms with Gasteiger partial charge in [0.2, 0.25) is 5.69 Å². The van der Waals surface area contributed by atoms with Gasteiger partial charge in [0.1, 0.15) is 11.5 Å². The Balaban J connectivity index is 2.25. The molecule has 2 aromatic rings. The van der Waals surface area contributed by atoms with Crippen molar-refractivity contribution in [3.05, 3.63) is 42.4 Å². The summed E-state index contributed by atoms with van der Waals surface area (Å²) in [6, 6.07) is 6.89. The van der Waals surface area contributed by atoms with Gasteiger partial charge in [0.25, 0.3) is 5.88 Å². The number of benzene rings is 1. The molecule has 0 radical (unpaired) electrons. The zero-order chi connectivity index (χ0) is 13.7. The molecular weight excluding hydrogens is 248 g/mol. The fourth-order valence-electron chi connectivity index (χ4n) is 1.39. The van der Waals surface area contributed by atoms with Crippen molar-refractivity contribution in [1.82, 2.24) is 9.97 Å². The van der Waals surface area contributed by atoms with E-state index in [0.29, 0.717) is 11.5 Å². The second kappa shape index (κ2) is 5.81. The zero-order valence-corrected chi connectivity index (χ0v) is 10.5. The van der Waals surface area contributed by atoms with E-state index in [-0.39, 0.29) is 11.6 Å². The van der Waals surface area contributed by atoms with Crippen molar-refractivity contribution < 1.29 is 19.0 Å². The molecule has 98 valence electrons. The van der Waals surface area contributed by atoms with Gasteiger partial charge in [0, 0.05) is 12.4 Å². The average Bonchev–Trinajstić information content (AvgIpc) is 2.48. The largest absolute Gasteiger partial charge is 0.497 e. The van der Waals surface area contributed by atoms with Gasteiger partial charge in [-0.2, -0.15) is 0 Å². The van der Waals surface area contributed by atoms with Crippen molar-refractivity contribution in [2.24, 2.45) is 0 Å². The molecule has 0 aliphatic heterocycles. The third-order valence-corrected chi connectivity index (χ3v) is 2.32. The number of nitrogens with zero attached hydrogens (tertiary/aromatic N) is 2. The van der Waals surface area contributed by atoms with Crippen LogP contribution >= 0.6 is 0 Å². The molecule has 0 fully saturated rings. The summed E-state index contributed by atoms with van der Waals surface area (Å²) in [5.41, 5.74) is 0.0285. The number of esters is 1. The van der Waals surface area contributed by atoms with Crippen LogP contribution < -0.4 is 9.47 Å². The first-order chi connectivity index (χ1) is 9.24. The highest BCUT2D eigenvalue weighted by Gasteiger charge is 2.16. The Morgan fingerprint density at radius 2 is 1.63 bits per heavy atom. The van der Waals surface area contributed by atoms with Crippen LogP contribution in [0.15, 0.2) is 36.7 Å². The van der Waals surface area contributed by atoms with Crippen molar-refractivity contribution >= 4 is 5.97 Å². The molecule has 0 unspecified atom stereocenters. The van der Waals surface area contributed by atoms with Crippen LogP contribution in [0.1, 0.15) is 10.5 Å². The second-order valence-electron chi connectivity index (χ2n) is 3.48. The van der Waals surface area contributed by atoms with Crippen LogP contribution in [0.3, 0.4) is 0 Å². The van der Waals surface area contributed by atoms with Crippen LogP contribution in [0.25, 0.3) is 0 Å². The Hall–Kier alpha value is -2.63. The van der Waals surface area contributed by atoms with Crippen molar-refractivity contribution in [3.8, 4) is 17.4 Å². The molecule has 0 amide bonds. The molecule has 0 spiro atoms. The van der Waals surface area contributed by atoms with E-state index in [0.717, 1.165) is 0 Å². The fraction of sp³-hybridized carbons (Fsp3) is 0.154. The Kier molecular flexibility index (Phi) is 3.92. The molecule has 0 atom stereocenters. The van der Waals surface area contributed by atoms with Gasteiger partial charge in [0.15, 0.2) is 0 Å². The van der Waals surface area contributed by atoms with Gasteiger partial charge < -0.3 is 14.2 Å². The first kappa shape index (κ1) is 12.8. The van der Waals surface area contributed by atoms with E-state index < -0.39 is 5.97 Å². The first-order valence-electron chi connectivity index (χ1n) is 5.46. The second-order valence-corrected chi connectivity index (χ2v) is 3.48. The van der Waals surface area contributed by atoms with Gasteiger partial charge in [-0.1, -0.05) is 0 Å². The minimum Gasteiger partial charge on any atom is -0.497 e. The lowest BCUT2D eigenvalue weighted by atomic mass is 10.3. The number of hydrogen-bond donors (Lipinski definition) is 0.